The molecule has 19 heavy (non-hydrogen) atoms. The number of hydrogen-bond donors (Lipinski definition) is 2. The molecule has 7 heteroatoms. The van der Waals surface area contributed by atoms with E-state index in [1.165, 1.54) is 25.7 Å². The van der Waals surface area contributed by atoms with E-state index in [0.717, 1.165) is 16.7 Å². The Morgan fingerprint density at radius 1 is 1.37 bits per heavy atom. The van der Waals surface area contributed by atoms with Crippen molar-refractivity contribution in [3.05, 3.63) is 5.82 Å². The Morgan fingerprint density at radius 3 is 2.68 bits per heavy atom. The fourth-order valence-corrected chi connectivity index (χ4v) is 3.14. The third-order valence-electron chi connectivity index (χ3n) is 3.57. The summed E-state index contributed by atoms with van der Waals surface area (Å²) in [5, 5.41) is 9.61. The first-order valence-corrected chi connectivity index (χ1v) is 7.78. The summed E-state index contributed by atoms with van der Waals surface area (Å²) in [7, 11) is 0. The molecule has 0 radical (unpaired) electrons. The molecule has 2 saturated carbocycles. The first-order chi connectivity index (χ1) is 9.16. The molecule has 2 aliphatic rings. The summed E-state index contributed by atoms with van der Waals surface area (Å²) in [6.45, 7) is 0. The smallest absolute Gasteiger partial charge is 0.234 e. The molecule has 2 fully saturated rings. The van der Waals surface area contributed by atoms with Gasteiger partial charge in [0.15, 0.2) is 5.16 Å². The summed E-state index contributed by atoms with van der Waals surface area (Å²) in [6, 6.07) is 0.0330. The van der Waals surface area contributed by atoms with Crippen LogP contribution in [0.3, 0.4) is 0 Å². The van der Waals surface area contributed by atoms with E-state index >= 15 is 0 Å². The molecule has 1 unspecified atom stereocenters. The normalized spacial score (nSPS) is 20.5. The van der Waals surface area contributed by atoms with Gasteiger partial charge in [0, 0.05) is 17.7 Å². The van der Waals surface area contributed by atoms with Gasteiger partial charge in [0.05, 0.1) is 6.04 Å². The number of nitrogens with two attached hydrogens (primary N) is 2. The van der Waals surface area contributed by atoms with Gasteiger partial charge in [-0.3, -0.25) is 4.79 Å². The summed E-state index contributed by atoms with van der Waals surface area (Å²) in [4.78, 5) is 10.9. The number of nitrogens with zero attached hydrogens (tertiary/aromatic N) is 3. The Balaban J connectivity index is 1.62. The molecule has 0 aliphatic heterocycles. The zero-order valence-electron chi connectivity index (χ0n) is 10.8. The summed E-state index contributed by atoms with van der Waals surface area (Å²) in [5.74, 6) is 2.09. The van der Waals surface area contributed by atoms with Gasteiger partial charge in [-0.1, -0.05) is 11.8 Å². The van der Waals surface area contributed by atoms with Gasteiger partial charge in [0.1, 0.15) is 5.82 Å². The van der Waals surface area contributed by atoms with Crippen molar-refractivity contribution >= 4 is 17.7 Å². The highest BCUT2D eigenvalue weighted by molar-refractivity contribution is 7.99. The number of hydrogen-bond acceptors (Lipinski definition) is 5. The van der Waals surface area contributed by atoms with Crippen LogP contribution in [0.15, 0.2) is 5.16 Å². The minimum atomic E-state index is -0.562. The molecule has 2 aliphatic carbocycles. The minimum Gasteiger partial charge on any atom is -0.368 e. The average molecular weight is 281 g/mol. The highest BCUT2D eigenvalue weighted by Crippen LogP contribution is 2.45. The van der Waals surface area contributed by atoms with E-state index in [9.17, 15) is 4.79 Å². The molecule has 0 saturated heterocycles. The van der Waals surface area contributed by atoms with Crippen LogP contribution in [-0.2, 0) is 4.79 Å². The fourth-order valence-electron chi connectivity index (χ4n) is 2.10. The number of thioether (sulfide) groups is 1. The lowest BCUT2D eigenvalue weighted by molar-refractivity contribution is -0.119. The lowest BCUT2D eigenvalue weighted by atomic mass is 10.2. The number of aromatic nitrogens is 3. The van der Waals surface area contributed by atoms with Crippen molar-refractivity contribution in [1.29, 1.82) is 0 Å². The van der Waals surface area contributed by atoms with Gasteiger partial charge in [-0.25, -0.2) is 0 Å². The zero-order valence-corrected chi connectivity index (χ0v) is 11.6. The van der Waals surface area contributed by atoms with Gasteiger partial charge in [-0.05, 0) is 32.1 Å². The lowest BCUT2D eigenvalue weighted by Crippen LogP contribution is -2.36. The highest BCUT2D eigenvalue weighted by Gasteiger charge is 2.36. The van der Waals surface area contributed by atoms with Crippen LogP contribution >= 0.6 is 11.8 Å². The predicted octanol–water partition coefficient (Wildman–Crippen LogP) is 0.785. The Morgan fingerprint density at radius 2 is 2.11 bits per heavy atom. The van der Waals surface area contributed by atoms with Gasteiger partial charge < -0.3 is 16.0 Å². The van der Waals surface area contributed by atoms with Crippen LogP contribution in [0.1, 0.15) is 49.9 Å². The van der Waals surface area contributed by atoms with Crippen molar-refractivity contribution in [2.75, 3.05) is 5.75 Å². The van der Waals surface area contributed by atoms with E-state index < -0.39 is 11.9 Å². The fraction of sp³-hybridized carbons (Fsp3) is 0.750. The van der Waals surface area contributed by atoms with Crippen molar-refractivity contribution < 1.29 is 4.79 Å². The van der Waals surface area contributed by atoms with Crippen molar-refractivity contribution in [3.63, 3.8) is 0 Å². The monoisotopic (exact) mass is 281 g/mol. The number of amides is 1. The molecule has 104 valence electrons. The Kier molecular flexibility index (Phi) is 3.49. The molecule has 0 aromatic carbocycles. The van der Waals surface area contributed by atoms with E-state index in [4.69, 9.17) is 11.5 Å². The molecule has 3 rings (SSSR count). The van der Waals surface area contributed by atoms with E-state index in [1.807, 2.05) is 0 Å². The van der Waals surface area contributed by atoms with E-state index in [1.54, 1.807) is 11.8 Å². The van der Waals surface area contributed by atoms with Crippen LogP contribution in [0, 0.1) is 0 Å². The van der Waals surface area contributed by atoms with Crippen LogP contribution in [0.5, 0.6) is 0 Å². The molecule has 4 N–H and O–H groups in total. The van der Waals surface area contributed by atoms with Crippen molar-refractivity contribution in [3.8, 4) is 0 Å². The van der Waals surface area contributed by atoms with Crippen LogP contribution in [0.2, 0.25) is 0 Å². The summed E-state index contributed by atoms with van der Waals surface area (Å²) in [6.07, 6.45) is 5.51. The second-order valence-electron chi connectivity index (χ2n) is 5.36. The average Bonchev–Trinajstić information content (AvgIpc) is 3.28. The van der Waals surface area contributed by atoms with E-state index in [-0.39, 0.29) is 0 Å². The van der Waals surface area contributed by atoms with Crippen molar-refractivity contribution in [1.82, 2.24) is 14.8 Å². The van der Waals surface area contributed by atoms with Gasteiger partial charge in [-0.15, -0.1) is 10.2 Å². The highest BCUT2D eigenvalue weighted by atomic mass is 32.2. The molecule has 1 aromatic rings. The molecule has 6 nitrogen and oxygen atoms in total. The first-order valence-electron chi connectivity index (χ1n) is 6.79. The molecular weight excluding hydrogens is 262 g/mol. The molecule has 0 bridgehead atoms. The number of primary amides is 1. The number of carbonyl (C=O) groups is 1. The van der Waals surface area contributed by atoms with Gasteiger partial charge in [0.25, 0.3) is 0 Å². The van der Waals surface area contributed by atoms with Crippen LogP contribution in [-0.4, -0.2) is 32.5 Å². The topological polar surface area (TPSA) is 99.8 Å². The summed E-state index contributed by atoms with van der Waals surface area (Å²) >= 11 is 1.63. The third kappa shape index (κ3) is 2.92. The molecular formula is C12H19N5OS. The standard InChI is InChI=1S/C12H19N5OS/c13-9(10(14)18)5-6-19-12-16-15-11(7-1-2-7)17(12)8-3-4-8/h7-9H,1-6,13H2,(H2,14,18). The van der Waals surface area contributed by atoms with Gasteiger partial charge >= 0.3 is 0 Å². The first kappa shape index (κ1) is 12.9. The maximum absolute atomic E-state index is 10.9. The Hall–Kier alpha value is -1.08. The van der Waals surface area contributed by atoms with Crippen LogP contribution in [0.25, 0.3) is 0 Å². The maximum Gasteiger partial charge on any atom is 0.234 e. The second-order valence-corrected chi connectivity index (χ2v) is 6.42. The third-order valence-corrected chi connectivity index (χ3v) is 4.55. The Bertz CT molecular complexity index is 480. The second kappa shape index (κ2) is 5.13. The van der Waals surface area contributed by atoms with E-state index in [0.29, 0.717) is 18.4 Å². The molecule has 1 heterocycles. The summed E-state index contributed by atoms with van der Waals surface area (Å²) < 4.78 is 2.30. The largest absolute Gasteiger partial charge is 0.368 e. The van der Waals surface area contributed by atoms with Crippen LogP contribution < -0.4 is 11.5 Å². The van der Waals surface area contributed by atoms with Crippen LogP contribution in [0.4, 0.5) is 0 Å². The molecule has 1 amide bonds. The van der Waals surface area contributed by atoms with Crippen molar-refractivity contribution in [2.45, 2.75) is 55.3 Å². The Labute approximate surface area is 116 Å². The quantitative estimate of drug-likeness (QED) is 0.720. The zero-order chi connectivity index (χ0) is 13.4. The number of rotatable bonds is 7. The summed E-state index contributed by atoms with van der Waals surface area (Å²) in [5.41, 5.74) is 10.8. The predicted molar refractivity (Wildman–Crippen MR) is 72.8 cm³/mol. The van der Waals surface area contributed by atoms with Gasteiger partial charge in [-0.2, -0.15) is 0 Å². The molecule has 0 spiro atoms. The van der Waals surface area contributed by atoms with Gasteiger partial charge in [0.2, 0.25) is 5.91 Å². The van der Waals surface area contributed by atoms with Crippen molar-refractivity contribution in [2.24, 2.45) is 11.5 Å². The number of carbonyl (C=O) groups excluding carboxylic acids is 1. The molecule has 1 aromatic heterocycles. The molecule has 1 atom stereocenters. The van der Waals surface area contributed by atoms with E-state index in [2.05, 4.69) is 14.8 Å². The SMILES string of the molecule is NC(=O)C(N)CCSc1nnc(C2CC2)n1C1CC1. The minimum absolute atomic E-state index is 0.442. The maximum atomic E-state index is 10.9. The lowest BCUT2D eigenvalue weighted by Gasteiger charge is -2.09.